The molecule has 5 atom stereocenters. The Balaban J connectivity index is 1.84. The van der Waals surface area contributed by atoms with E-state index < -0.39 is 54.0 Å². The van der Waals surface area contributed by atoms with Crippen molar-refractivity contribution in [2.24, 2.45) is 22.2 Å². The van der Waals surface area contributed by atoms with Gasteiger partial charge in [0.15, 0.2) is 5.96 Å². The average molecular weight is 625 g/mol. The van der Waals surface area contributed by atoms with Crippen LogP contribution < -0.4 is 33.2 Å². The Morgan fingerprint density at radius 3 is 2.16 bits per heavy atom. The fraction of sp³-hybridized carbons (Fsp3) is 0.367. The number of aromatic amines is 1. The van der Waals surface area contributed by atoms with Crippen molar-refractivity contribution in [1.82, 2.24) is 20.9 Å². The quantitative estimate of drug-likeness (QED) is 0.0525. The number of phenolic OH excluding ortho intramolecular Hbond substituents is 1. The Kier molecular flexibility index (Phi) is 12.3. The summed E-state index contributed by atoms with van der Waals surface area (Å²) in [7, 11) is 0. The number of phenols is 1. The Bertz CT molecular complexity index is 1500. The van der Waals surface area contributed by atoms with Gasteiger partial charge in [0.1, 0.15) is 29.9 Å². The summed E-state index contributed by atoms with van der Waals surface area (Å²) in [5.41, 5.74) is 18.5. The van der Waals surface area contributed by atoms with Crippen molar-refractivity contribution in [1.29, 1.82) is 0 Å². The van der Waals surface area contributed by atoms with E-state index in [1.165, 1.54) is 19.1 Å². The summed E-state index contributed by atoms with van der Waals surface area (Å²) in [4.78, 5) is 58.9. The van der Waals surface area contributed by atoms with Crippen molar-refractivity contribution in [2.75, 3.05) is 6.54 Å². The number of aliphatic hydroxyl groups is 1. The van der Waals surface area contributed by atoms with E-state index in [0.717, 1.165) is 10.9 Å². The number of nitrogens with two attached hydrogens (primary N) is 3. The molecule has 13 N–H and O–H groups in total. The number of para-hydroxylation sites is 1. The number of hydrogen-bond donors (Lipinski definition) is 10. The van der Waals surface area contributed by atoms with Crippen molar-refractivity contribution in [3.05, 3.63) is 65.9 Å². The number of nitrogens with zero attached hydrogens (tertiary/aromatic N) is 1. The first-order chi connectivity index (χ1) is 21.3. The molecule has 242 valence electrons. The minimum atomic E-state index is -1.34. The first-order valence-corrected chi connectivity index (χ1v) is 14.3. The maximum absolute atomic E-state index is 13.6. The van der Waals surface area contributed by atoms with E-state index in [4.69, 9.17) is 17.2 Å². The standard InChI is InChI=1S/C30H40N8O7/c1-16(39)25(31)28(43)36-22(7-4-12-34-30(32)33)26(41)37-23(13-17-8-10-19(40)11-9-17)27(42)38-24(29(44)45)14-18-15-35-21-6-3-2-5-20(18)21/h2-3,5-6,8-11,15-16,22-25,35,39-40H,4,7,12-14,31H2,1H3,(H,36,43)(H,37,41)(H,38,42)(H,44,45)(H4,32,33,34). The monoisotopic (exact) mass is 624 g/mol. The number of aliphatic imine (C=N–C) groups is 1. The highest BCUT2D eigenvalue weighted by molar-refractivity contribution is 5.94. The smallest absolute Gasteiger partial charge is 0.326 e. The highest BCUT2D eigenvalue weighted by atomic mass is 16.4. The number of aliphatic hydroxyl groups excluding tert-OH is 1. The molecular weight excluding hydrogens is 584 g/mol. The number of amides is 3. The van der Waals surface area contributed by atoms with Gasteiger partial charge in [-0.25, -0.2) is 4.79 Å². The van der Waals surface area contributed by atoms with Gasteiger partial charge in [0.2, 0.25) is 17.7 Å². The summed E-state index contributed by atoms with van der Waals surface area (Å²) >= 11 is 0. The van der Waals surface area contributed by atoms with E-state index in [1.807, 2.05) is 24.3 Å². The van der Waals surface area contributed by atoms with Crippen LogP contribution in [0.5, 0.6) is 5.75 Å². The summed E-state index contributed by atoms with van der Waals surface area (Å²) in [5, 5.41) is 37.9. The van der Waals surface area contributed by atoms with E-state index >= 15 is 0 Å². The van der Waals surface area contributed by atoms with Crippen LogP contribution in [0.1, 0.15) is 30.9 Å². The Hall–Kier alpha value is -5.15. The number of carbonyl (C=O) groups excluding carboxylic acids is 3. The number of carboxylic acids is 1. The molecule has 45 heavy (non-hydrogen) atoms. The molecule has 0 aliphatic heterocycles. The Morgan fingerprint density at radius 2 is 1.51 bits per heavy atom. The van der Waals surface area contributed by atoms with E-state index in [2.05, 4.69) is 25.9 Å². The molecular formula is C30H40N8O7. The van der Waals surface area contributed by atoms with Gasteiger partial charge in [-0.1, -0.05) is 30.3 Å². The molecule has 0 spiro atoms. The summed E-state index contributed by atoms with van der Waals surface area (Å²) in [6.07, 6.45) is 0.683. The van der Waals surface area contributed by atoms with Crippen LogP contribution in [0.4, 0.5) is 0 Å². The fourth-order valence-corrected chi connectivity index (χ4v) is 4.60. The largest absolute Gasteiger partial charge is 0.508 e. The molecule has 0 saturated carbocycles. The molecule has 15 heteroatoms. The Morgan fingerprint density at radius 1 is 0.889 bits per heavy atom. The maximum atomic E-state index is 13.6. The van der Waals surface area contributed by atoms with Gasteiger partial charge in [0.25, 0.3) is 0 Å². The Labute approximate surface area is 259 Å². The van der Waals surface area contributed by atoms with Gasteiger partial charge in [-0.15, -0.1) is 0 Å². The van der Waals surface area contributed by atoms with Gasteiger partial charge in [-0.2, -0.15) is 0 Å². The number of aromatic nitrogens is 1. The van der Waals surface area contributed by atoms with Gasteiger partial charge in [-0.05, 0) is 49.1 Å². The number of nitrogens with one attached hydrogen (secondary N) is 4. The van der Waals surface area contributed by atoms with E-state index in [9.17, 15) is 34.5 Å². The van der Waals surface area contributed by atoms with Crippen LogP contribution in [0, 0.1) is 0 Å². The van der Waals surface area contributed by atoms with Crippen LogP contribution in [-0.2, 0) is 32.0 Å². The fourth-order valence-electron chi connectivity index (χ4n) is 4.60. The first-order valence-electron chi connectivity index (χ1n) is 14.3. The van der Waals surface area contributed by atoms with Crippen molar-refractivity contribution >= 4 is 40.6 Å². The van der Waals surface area contributed by atoms with Crippen molar-refractivity contribution in [3.8, 4) is 5.75 Å². The van der Waals surface area contributed by atoms with Crippen LogP contribution in [0.3, 0.4) is 0 Å². The summed E-state index contributed by atoms with van der Waals surface area (Å²) in [6, 6.07) is 8.12. The number of carboxylic acid groups (broad SMARTS) is 1. The second-order valence-corrected chi connectivity index (χ2v) is 10.7. The summed E-state index contributed by atoms with van der Waals surface area (Å²) < 4.78 is 0. The molecule has 0 aliphatic carbocycles. The predicted octanol–water partition coefficient (Wildman–Crippen LogP) is -1.04. The minimum absolute atomic E-state index is 0.00791. The zero-order chi connectivity index (χ0) is 33.1. The SMILES string of the molecule is CC(O)C(N)C(=O)NC(CCCN=C(N)N)C(=O)NC(Cc1ccc(O)cc1)C(=O)NC(Cc1c[nH]c2ccccc12)C(=O)O. The molecule has 1 aromatic heterocycles. The van der Waals surface area contributed by atoms with Gasteiger partial charge in [-0.3, -0.25) is 19.4 Å². The lowest BCUT2D eigenvalue weighted by Gasteiger charge is -2.26. The van der Waals surface area contributed by atoms with Gasteiger partial charge >= 0.3 is 5.97 Å². The average Bonchev–Trinajstić information content (AvgIpc) is 3.40. The molecule has 5 unspecified atom stereocenters. The summed E-state index contributed by atoms with van der Waals surface area (Å²) in [6.45, 7) is 1.47. The van der Waals surface area contributed by atoms with E-state index in [0.29, 0.717) is 11.1 Å². The molecule has 0 saturated heterocycles. The molecule has 15 nitrogen and oxygen atoms in total. The van der Waals surface area contributed by atoms with E-state index in [-0.39, 0.29) is 43.9 Å². The third-order valence-electron chi connectivity index (χ3n) is 7.12. The third kappa shape index (κ3) is 10.2. The normalized spacial score (nSPS) is 14.4. The molecule has 0 fully saturated rings. The molecule has 0 aliphatic rings. The van der Waals surface area contributed by atoms with E-state index in [1.54, 1.807) is 18.3 Å². The topological polar surface area (TPSA) is 271 Å². The summed E-state index contributed by atoms with van der Waals surface area (Å²) in [5.74, 6) is -3.77. The molecule has 0 radical (unpaired) electrons. The second kappa shape index (κ2) is 16.1. The first kappa shape index (κ1) is 34.3. The second-order valence-electron chi connectivity index (χ2n) is 10.7. The third-order valence-corrected chi connectivity index (χ3v) is 7.12. The highest BCUT2D eigenvalue weighted by Gasteiger charge is 2.31. The van der Waals surface area contributed by atoms with Gasteiger partial charge in [0.05, 0.1) is 6.10 Å². The molecule has 3 amide bonds. The number of fused-ring (bicyclic) bond motifs is 1. The molecule has 2 aromatic carbocycles. The van der Waals surface area contributed by atoms with Crippen LogP contribution in [-0.4, -0.2) is 86.8 Å². The number of H-pyrrole nitrogens is 1. The van der Waals surface area contributed by atoms with Crippen LogP contribution in [0.15, 0.2) is 59.7 Å². The van der Waals surface area contributed by atoms with Crippen LogP contribution in [0.25, 0.3) is 10.9 Å². The molecule has 1 heterocycles. The van der Waals surface area contributed by atoms with Gasteiger partial charge in [0, 0.05) is 36.5 Å². The molecule has 3 aromatic rings. The molecule has 0 bridgehead atoms. The zero-order valence-electron chi connectivity index (χ0n) is 24.8. The van der Waals surface area contributed by atoms with Crippen LogP contribution in [0.2, 0.25) is 0 Å². The molecule has 3 rings (SSSR count). The lowest BCUT2D eigenvalue weighted by Crippen LogP contribution is -2.58. The maximum Gasteiger partial charge on any atom is 0.326 e. The highest BCUT2D eigenvalue weighted by Crippen LogP contribution is 2.19. The lowest BCUT2D eigenvalue weighted by molar-refractivity contribution is -0.142. The number of benzene rings is 2. The number of rotatable bonds is 16. The van der Waals surface area contributed by atoms with Crippen molar-refractivity contribution < 1.29 is 34.5 Å². The number of aliphatic carboxylic acids is 1. The predicted molar refractivity (Wildman–Crippen MR) is 167 cm³/mol. The number of carbonyl (C=O) groups is 4. The number of aromatic hydroxyl groups is 1. The zero-order valence-corrected chi connectivity index (χ0v) is 24.8. The minimum Gasteiger partial charge on any atom is -0.508 e. The van der Waals surface area contributed by atoms with Crippen molar-refractivity contribution in [3.63, 3.8) is 0 Å². The van der Waals surface area contributed by atoms with Crippen molar-refractivity contribution in [2.45, 2.75) is 62.9 Å². The lowest BCUT2D eigenvalue weighted by atomic mass is 10.0. The number of hydrogen-bond acceptors (Lipinski definition) is 8. The van der Waals surface area contributed by atoms with Gasteiger partial charge < -0.3 is 53.5 Å². The number of guanidine groups is 1. The van der Waals surface area contributed by atoms with Crippen LogP contribution >= 0.6 is 0 Å².